The summed E-state index contributed by atoms with van der Waals surface area (Å²) in [6.45, 7) is 2.22. The third kappa shape index (κ3) is 11.0. The van der Waals surface area contributed by atoms with E-state index in [9.17, 15) is 38.4 Å². The number of ketones is 1. The SMILES string of the molecule is CC(=O)C(N)CCCCNC(=O)Cn1cc(CNC(=O)CCSC2CC(=O)N(OC(=O)C3CCC(CN4C(=O)C=CC4=O)CC3)C2=O)nn1. The lowest BCUT2D eigenvalue weighted by Gasteiger charge is -2.29. The van der Waals surface area contributed by atoms with Crippen molar-refractivity contribution in [2.75, 3.05) is 18.8 Å². The van der Waals surface area contributed by atoms with Gasteiger partial charge >= 0.3 is 5.97 Å². The molecule has 0 bridgehead atoms. The van der Waals surface area contributed by atoms with Gasteiger partial charge in [-0.3, -0.25) is 38.5 Å². The third-order valence-corrected chi connectivity index (χ3v) is 9.77. The molecule has 2 fully saturated rings. The van der Waals surface area contributed by atoms with Gasteiger partial charge in [0.25, 0.3) is 23.6 Å². The minimum Gasteiger partial charge on any atom is -0.354 e. The van der Waals surface area contributed by atoms with E-state index >= 15 is 0 Å². The van der Waals surface area contributed by atoms with E-state index in [-0.39, 0.29) is 73.6 Å². The summed E-state index contributed by atoms with van der Waals surface area (Å²) >= 11 is 1.12. The predicted octanol–water partition coefficient (Wildman–Crippen LogP) is -0.462. The molecule has 2 unspecified atom stereocenters. The monoisotopic (exact) mass is 702 g/mol. The fourth-order valence-electron chi connectivity index (χ4n) is 5.61. The Morgan fingerprint density at radius 1 is 1.02 bits per heavy atom. The second-order valence-corrected chi connectivity index (χ2v) is 13.6. The van der Waals surface area contributed by atoms with Crippen LogP contribution in [-0.4, -0.2) is 102 Å². The molecule has 0 aromatic carbocycles. The molecule has 3 aliphatic rings. The molecule has 1 aromatic heterocycles. The van der Waals surface area contributed by atoms with Crippen LogP contribution in [0.1, 0.15) is 70.4 Å². The fourth-order valence-corrected chi connectivity index (χ4v) is 6.70. The van der Waals surface area contributed by atoms with E-state index in [1.807, 2.05) is 0 Å². The number of imide groups is 2. The molecule has 0 spiro atoms. The number of Topliss-reactive ketones (excluding diaryl/α,β-unsaturated/α-hetero) is 1. The largest absolute Gasteiger partial charge is 0.354 e. The molecule has 1 aromatic rings. The van der Waals surface area contributed by atoms with Crippen molar-refractivity contribution in [3.8, 4) is 0 Å². The zero-order valence-electron chi connectivity index (χ0n) is 27.3. The van der Waals surface area contributed by atoms with Crippen molar-refractivity contribution < 1.29 is 43.2 Å². The van der Waals surface area contributed by atoms with Gasteiger partial charge in [-0.1, -0.05) is 5.21 Å². The summed E-state index contributed by atoms with van der Waals surface area (Å²) in [5.41, 5.74) is 6.14. The molecule has 2 aliphatic heterocycles. The molecule has 2 atom stereocenters. The molecular formula is C31H42N8O9S. The molecule has 266 valence electrons. The molecule has 0 radical (unpaired) electrons. The first kappa shape index (κ1) is 37.4. The third-order valence-electron chi connectivity index (χ3n) is 8.56. The maximum atomic E-state index is 12.8. The van der Waals surface area contributed by atoms with E-state index in [1.165, 1.54) is 28.7 Å². The van der Waals surface area contributed by atoms with Crippen molar-refractivity contribution in [1.29, 1.82) is 0 Å². The van der Waals surface area contributed by atoms with Crippen LogP contribution in [0, 0.1) is 11.8 Å². The summed E-state index contributed by atoms with van der Waals surface area (Å²) in [6, 6.07) is -0.478. The van der Waals surface area contributed by atoms with Crippen molar-refractivity contribution in [1.82, 2.24) is 35.6 Å². The van der Waals surface area contributed by atoms with Crippen LogP contribution in [0.4, 0.5) is 0 Å². The Hall–Kier alpha value is -4.45. The van der Waals surface area contributed by atoms with Crippen LogP contribution in [0.5, 0.6) is 0 Å². The molecule has 1 saturated carbocycles. The van der Waals surface area contributed by atoms with Crippen molar-refractivity contribution in [2.45, 2.75) is 89.1 Å². The Labute approximate surface area is 287 Å². The number of nitrogens with two attached hydrogens (primary N) is 1. The zero-order valence-corrected chi connectivity index (χ0v) is 28.2. The van der Waals surface area contributed by atoms with Gasteiger partial charge in [-0.15, -0.1) is 21.9 Å². The van der Waals surface area contributed by atoms with Crippen LogP contribution < -0.4 is 16.4 Å². The number of nitrogens with one attached hydrogen (secondary N) is 2. The molecule has 3 heterocycles. The lowest BCUT2D eigenvalue weighted by Crippen LogP contribution is -2.39. The Kier molecular flexibility index (Phi) is 13.6. The highest BCUT2D eigenvalue weighted by atomic mass is 32.2. The van der Waals surface area contributed by atoms with E-state index in [2.05, 4.69) is 20.9 Å². The normalized spacial score (nSPS) is 21.3. The average Bonchev–Trinajstić information content (AvgIpc) is 3.73. The number of unbranched alkanes of at least 4 members (excludes halogenated alkanes) is 1. The highest BCUT2D eigenvalue weighted by molar-refractivity contribution is 8.00. The van der Waals surface area contributed by atoms with Crippen molar-refractivity contribution in [2.24, 2.45) is 17.6 Å². The van der Waals surface area contributed by atoms with Crippen LogP contribution in [0.3, 0.4) is 0 Å². The summed E-state index contributed by atoms with van der Waals surface area (Å²) in [7, 11) is 0. The van der Waals surface area contributed by atoms with Crippen LogP contribution in [0.25, 0.3) is 0 Å². The van der Waals surface area contributed by atoms with Gasteiger partial charge in [-0.05, 0) is 57.8 Å². The number of amides is 6. The Balaban J connectivity index is 1.08. The Morgan fingerprint density at radius 3 is 2.43 bits per heavy atom. The maximum absolute atomic E-state index is 12.8. The van der Waals surface area contributed by atoms with Gasteiger partial charge in [0.2, 0.25) is 11.8 Å². The summed E-state index contributed by atoms with van der Waals surface area (Å²) in [4.78, 5) is 104. The van der Waals surface area contributed by atoms with E-state index in [0.717, 1.165) is 11.8 Å². The minimum atomic E-state index is -0.780. The summed E-state index contributed by atoms with van der Waals surface area (Å²) in [5, 5.41) is 13.1. The number of hydrogen-bond donors (Lipinski definition) is 3. The first-order valence-corrected chi connectivity index (χ1v) is 17.4. The van der Waals surface area contributed by atoms with Gasteiger partial charge in [0.05, 0.1) is 36.4 Å². The van der Waals surface area contributed by atoms with Gasteiger partial charge in [-0.25, -0.2) is 9.48 Å². The summed E-state index contributed by atoms with van der Waals surface area (Å²) in [5.74, 6) is -3.45. The number of rotatable bonds is 18. The van der Waals surface area contributed by atoms with Crippen LogP contribution in [-0.2, 0) is 56.3 Å². The molecule has 18 heteroatoms. The van der Waals surface area contributed by atoms with Crippen molar-refractivity contribution >= 4 is 59.0 Å². The minimum absolute atomic E-state index is 0.0462. The fraction of sp³-hybridized carbons (Fsp3) is 0.613. The Morgan fingerprint density at radius 2 is 1.73 bits per heavy atom. The van der Waals surface area contributed by atoms with Crippen LogP contribution >= 0.6 is 11.8 Å². The number of nitrogens with zero attached hydrogens (tertiary/aromatic N) is 5. The van der Waals surface area contributed by atoms with Gasteiger partial charge < -0.3 is 21.2 Å². The van der Waals surface area contributed by atoms with Crippen LogP contribution in [0.2, 0.25) is 0 Å². The topological polar surface area (TPSA) is 233 Å². The first-order valence-electron chi connectivity index (χ1n) is 16.3. The average molecular weight is 703 g/mol. The smallest absolute Gasteiger partial charge is 0.336 e. The molecule has 4 N–H and O–H groups in total. The highest BCUT2D eigenvalue weighted by Crippen LogP contribution is 2.32. The van der Waals surface area contributed by atoms with E-state index < -0.39 is 35.0 Å². The quantitative estimate of drug-likeness (QED) is 0.130. The molecule has 17 nitrogen and oxygen atoms in total. The number of hydroxylamine groups is 2. The first-order chi connectivity index (χ1) is 23.4. The zero-order chi connectivity index (χ0) is 35.5. The van der Waals surface area contributed by atoms with Crippen molar-refractivity contribution in [3.05, 3.63) is 24.0 Å². The molecule has 4 rings (SSSR count). The lowest BCUT2D eigenvalue weighted by molar-refractivity contribution is -0.201. The number of hydrogen-bond acceptors (Lipinski definition) is 13. The van der Waals surface area contributed by atoms with Gasteiger partial charge in [0.1, 0.15) is 18.0 Å². The Bertz CT molecular complexity index is 1450. The van der Waals surface area contributed by atoms with Crippen LogP contribution in [0.15, 0.2) is 18.3 Å². The number of carbonyl (C=O) groups excluding carboxylic acids is 8. The van der Waals surface area contributed by atoms with Gasteiger partial charge in [0, 0.05) is 37.4 Å². The summed E-state index contributed by atoms with van der Waals surface area (Å²) < 4.78 is 1.35. The predicted molar refractivity (Wildman–Crippen MR) is 172 cm³/mol. The van der Waals surface area contributed by atoms with Gasteiger partial charge in [-0.2, -0.15) is 0 Å². The molecular weight excluding hydrogens is 660 g/mol. The van der Waals surface area contributed by atoms with E-state index in [0.29, 0.717) is 62.2 Å². The standard InChI is InChI=1S/C31H42N8O9S/c1-19(40)23(32)4-2-3-12-33-26(42)18-37-17-22(35-36-37)15-34-25(41)11-13-49-24-14-29(45)39(30(24)46)48-31(47)21-7-5-20(6-8-21)16-38-27(43)9-10-28(38)44/h9-10,17,20-21,23-24H,2-8,11-16,18,32H2,1H3,(H,33,42)(H,34,41). The number of carbonyl (C=O) groups is 8. The maximum Gasteiger partial charge on any atom is 0.336 e. The molecule has 1 saturated heterocycles. The van der Waals surface area contributed by atoms with E-state index in [1.54, 1.807) is 6.20 Å². The van der Waals surface area contributed by atoms with Crippen molar-refractivity contribution in [3.63, 3.8) is 0 Å². The van der Waals surface area contributed by atoms with E-state index in [4.69, 9.17) is 10.6 Å². The van der Waals surface area contributed by atoms with Gasteiger partial charge in [0.15, 0.2) is 0 Å². The lowest BCUT2D eigenvalue weighted by atomic mass is 9.82. The second-order valence-electron chi connectivity index (χ2n) is 12.3. The molecule has 6 amide bonds. The highest BCUT2D eigenvalue weighted by Gasteiger charge is 2.43. The number of thioether (sulfide) groups is 1. The molecule has 49 heavy (non-hydrogen) atoms. The summed E-state index contributed by atoms with van der Waals surface area (Å²) in [6.07, 6.45) is 7.98. The molecule has 1 aliphatic carbocycles. The number of aromatic nitrogens is 3. The second kappa shape index (κ2) is 17.8.